The Kier molecular flexibility index (Phi) is 6.90. The van der Waals surface area contributed by atoms with Gasteiger partial charge in [0.05, 0.1) is 11.5 Å². The molecule has 94 valence electrons. The number of hydrogen-bond donors (Lipinski definition) is 1. The van der Waals surface area contributed by atoms with Crippen molar-refractivity contribution in [2.75, 3.05) is 33.4 Å². The van der Waals surface area contributed by atoms with Crippen LogP contribution >= 0.6 is 11.3 Å². The Morgan fingerprint density at radius 2 is 2.29 bits per heavy atom. The Balaban J connectivity index is 2.51. The predicted molar refractivity (Wildman–Crippen MR) is 71.1 cm³/mol. The number of methoxy groups -OCH3 is 1. The number of nitrogens with zero attached hydrogens (tertiary/aromatic N) is 1. The average Bonchev–Trinajstić information content (AvgIpc) is 2.79. The molecular formula is C13H19NO2S. The molecule has 17 heavy (non-hydrogen) atoms. The summed E-state index contributed by atoms with van der Waals surface area (Å²) >= 11 is 1.68. The summed E-state index contributed by atoms with van der Waals surface area (Å²) in [6.07, 6.45) is 0. The van der Waals surface area contributed by atoms with Crippen molar-refractivity contribution in [3.05, 3.63) is 21.9 Å². The number of aliphatic hydroxyl groups is 1. The Labute approximate surface area is 107 Å². The van der Waals surface area contributed by atoms with Crippen LogP contribution < -0.4 is 0 Å². The molecule has 1 N–H and O–H groups in total. The predicted octanol–water partition coefficient (Wildman–Crippen LogP) is 1.56. The second-order valence-electron chi connectivity index (χ2n) is 3.59. The number of rotatable bonds is 6. The number of aliphatic hydroxyl groups excluding tert-OH is 1. The van der Waals surface area contributed by atoms with Gasteiger partial charge in [0.25, 0.3) is 0 Å². The molecule has 0 bridgehead atoms. The Morgan fingerprint density at radius 1 is 1.47 bits per heavy atom. The van der Waals surface area contributed by atoms with Crippen LogP contribution in [0, 0.1) is 11.8 Å². The van der Waals surface area contributed by atoms with Gasteiger partial charge in [-0.1, -0.05) is 18.8 Å². The van der Waals surface area contributed by atoms with Gasteiger partial charge in [-0.3, -0.25) is 4.90 Å². The van der Waals surface area contributed by atoms with Gasteiger partial charge in [0, 0.05) is 25.1 Å². The van der Waals surface area contributed by atoms with E-state index >= 15 is 0 Å². The van der Waals surface area contributed by atoms with Gasteiger partial charge in [-0.15, -0.1) is 11.3 Å². The van der Waals surface area contributed by atoms with E-state index in [2.05, 4.69) is 29.7 Å². The van der Waals surface area contributed by atoms with Crippen LogP contribution in [0.3, 0.4) is 0 Å². The van der Waals surface area contributed by atoms with Gasteiger partial charge in [0.1, 0.15) is 6.61 Å². The molecule has 0 fully saturated rings. The van der Waals surface area contributed by atoms with E-state index in [1.807, 2.05) is 6.07 Å². The SMILES string of the molecule is CCN(CCOC)Cc1ccc(C#CCO)s1. The molecule has 0 saturated carbocycles. The third kappa shape index (κ3) is 5.33. The van der Waals surface area contributed by atoms with Crippen LogP contribution in [0.5, 0.6) is 0 Å². The Hall–Kier alpha value is -0.860. The minimum Gasteiger partial charge on any atom is -0.384 e. The largest absolute Gasteiger partial charge is 0.384 e. The summed E-state index contributed by atoms with van der Waals surface area (Å²) in [7, 11) is 1.72. The van der Waals surface area contributed by atoms with E-state index in [0.717, 1.165) is 31.1 Å². The van der Waals surface area contributed by atoms with Crippen LogP contribution in [0.1, 0.15) is 16.7 Å². The maximum atomic E-state index is 8.62. The highest BCUT2D eigenvalue weighted by atomic mass is 32.1. The quantitative estimate of drug-likeness (QED) is 0.781. The first kappa shape index (κ1) is 14.2. The standard InChI is InChI=1S/C13H19NO2S/c1-3-14(8-10-16-2)11-13-7-6-12(17-13)5-4-9-15/h6-7,15H,3,8-11H2,1-2H3. The van der Waals surface area contributed by atoms with Crippen molar-refractivity contribution in [1.82, 2.24) is 4.90 Å². The summed E-state index contributed by atoms with van der Waals surface area (Å²) in [5, 5.41) is 8.62. The van der Waals surface area contributed by atoms with Crippen LogP contribution in [0.2, 0.25) is 0 Å². The van der Waals surface area contributed by atoms with Crippen molar-refractivity contribution < 1.29 is 9.84 Å². The number of hydrogen-bond acceptors (Lipinski definition) is 4. The van der Waals surface area contributed by atoms with Gasteiger partial charge in [0.2, 0.25) is 0 Å². The number of likely N-dealkylation sites (N-methyl/N-ethyl adjacent to an activating group) is 1. The summed E-state index contributed by atoms with van der Waals surface area (Å²) < 4.78 is 5.08. The first-order chi connectivity index (χ1) is 8.30. The van der Waals surface area contributed by atoms with E-state index in [0.29, 0.717) is 0 Å². The molecule has 0 aliphatic carbocycles. The highest BCUT2D eigenvalue weighted by Gasteiger charge is 2.05. The fraction of sp³-hybridized carbons (Fsp3) is 0.538. The summed E-state index contributed by atoms with van der Waals surface area (Å²) in [4.78, 5) is 4.64. The molecule has 0 aliphatic heterocycles. The van der Waals surface area contributed by atoms with Crippen LogP contribution in [-0.4, -0.2) is 43.4 Å². The number of ether oxygens (including phenoxy) is 1. The number of thiophene rings is 1. The van der Waals surface area contributed by atoms with Gasteiger partial charge in [0.15, 0.2) is 0 Å². The lowest BCUT2D eigenvalue weighted by molar-refractivity contribution is 0.148. The van der Waals surface area contributed by atoms with Crippen LogP contribution in [0.15, 0.2) is 12.1 Å². The van der Waals surface area contributed by atoms with E-state index in [9.17, 15) is 0 Å². The van der Waals surface area contributed by atoms with Gasteiger partial charge in [-0.05, 0) is 18.7 Å². The molecule has 0 aromatic carbocycles. The molecule has 1 aromatic rings. The van der Waals surface area contributed by atoms with Gasteiger partial charge < -0.3 is 9.84 Å². The Morgan fingerprint density at radius 3 is 2.94 bits per heavy atom. The lowest BCUT2D eigenvalue weighted by Gasteiger charge is -2.18. The van der Waals surface area contributed by atoms with Crippen molar-refractivity contribution in [3.63, 3.8) is 0 Å². The van der Waals surface area contributed by atoms with Crippen LogP contribution in [-0.2, 0) is 11.3 Å². The first-order valence-corrected chi connectivity index (χ1v) is 6.51. The molecule has 0 saturated heterocycles. The van der Waals surface area contributed by atoms with Crippen molar-refractivity contribution in [3.8, 4) is 11.8 Å². The van der Waals surface area contributed by atoms with E-state index in [-0.39, 0.29) is 6.61 Å². The average molecular weight is 253 g/mol. The van der Waals surface area contributed by atoms with Gasteiger partial charge in [-0.2, -0.15) is 0 Å². The van der Waals surface area contributed by atoms with Crippen LogP contribution in [0.4, 0.5) is 0 Å². The fourth-order valence-corrected chi connectivity index (χ4v) is 2.37. The lowest BCUT2D eigenvalue weighted by atomic mass is 10.4. The van der Waals surface area contributed by atoms with E-state index in [4.69, 9.17) is 9.84 Å². The molecule has 0 atom stereocenters. The maximum absolute atomic E-state index is 8.62. The maximum Gasteiger partial charge on any atom is 0.104 e. The summed E-state index contributed by atoms with van der Waals surface area (Å²) in [6.45, 7) is 5.72. The normalized spacial score (nSPS) is 10.4. The van der Waals surface area contributed by atoms with Crippen LogP contribution in [0.25, 0.3) is 0 Å². The minimum atomic E-state index is -0.0812. The third-order valence-corrected chi connectivity index (χ3v) is 3.38. The molecule has 1 rings (SSSR count). The molecule has 0 spiro atoms. The van der Waals surface area contributed by atoms with Gasteiger partial charge in [-0.25, -0.2) is 0 Å². The van der Waals surface area contributed by atoms with Crippen molar-refractivity contribution in [1.29, 1.82) is 0 Å². The van der Waals surface area contributed by atoms with E-state index < -0.39 is 0 Å². The zero-order valence-electron chi connectivity index (χ0n) is 10.4. The zero-order valence-corrected chi connectivity index (χ0v) is 11.2. The Bertz CT molecular complexity index is 378. The molecule has 3 nitrogen and oxygen atoms in total. The highest BCUT2D eigenvalue weighted by molar-refractivity contribution is 7.12. The van der Waals surface area contributed by atoms with E-state index in [1.54, 1.807) is 18.4 Å². The molecular weight excluding hydrogens is 234 g/mol. The zero-order chi connectivity index (χ0) is 12.5. The molecule has 0 unspecified atom stereocenters. The molecule has 4 heteroatoms. The molecule has 0 amide bonds. The van der Waals surface area contributed by atoms with Gasteiger partial charge >= 0.3 is 0 Å². The highest BCUT2D eigenvalue weighted by Crippen LogP contribution is 2.17. The molecule has 1 heterocycles. The smallest absolute Gasteiger partial charge is 0.104 e. The topological polar surface area (TPSA) is 32.7 Å². The minimum absolute atomic E-state index is 0.0812. The summed E-state index contributed by atoms with van der Waals surface area (Å²) in [5.41, 5.74) is 0. The molecule has 0 aliphatic rings. The first-order valence-electron chi connectivity index (χ1n) is 5.69. The monoisotopic (exact) mass is 253 g/mol. The second kappa shape index (κ2) is 8.26. The summed E-state index contributed by atoms with van der Waals surface area (Å²) in [6, 6.07) is 4.11. The van der Waals surface area contributed by atoms with Crippen molar-refractivity contribution in [2.24, 2.45) is 0 Å². The second-order valence-corrected chi connectivity index (χ2v) is 4.76. The lowest BCUT2D eigenvalue weighted by Crippen LogP contribution is -2.26. The molecule has 1 aromatic heterocycles. The fourth-order valence-electron chi connectivity index (χ4n) is 1.45. The molecule has 0 radical (unpaired) electrons. The third-order valence-electron chi connectivity index (χ3n) is 2.39. The van der Waals surface area contributed by atoms with E-state index in [1.165, 1.54) is 4.88 Å². The summed E-state index contributed by atoms with van der Waals surface area (Å²) in [5.74, 6) is 5.59. The van der Waals surface area contributed by atoms with Crippen molar-refractivity contribution in [2.45, 2.75) is 13.5 Å². The van der Waals surface area contributed by atoms with Crippen molar-refractivity contribution >= 4 is 11.3 Å².